The van der Waals surface area contributed by atoms with Crippen molar-refractivity contribution in [3.63, 3.8) is 0 Å². The Balaban J connectivity index is 0.00000163. The largest absolute Gasteiger partial charge is 0.386 e. The molecule has 7 heteroatoms. The molecule has 1 aromatic heterocycles. The normalized spacial score (nSPS) is 13.8. The molecule has 2 aromatic rings. The molecule has 1 aromatic carbocycles. The van der Waals surface area contributed by atoms with Gasteiger partial charge < -0.3 is 10.4 Å². The second kappa shape index (κ2) is 10.8. The summed E-state index contributed by atoms with van der Waals surface area (Å²) in [6, 6.07) is 9.51. The van der Waals surface area contributed by atoms with E-state index in [1.54, 1.807) is 24.3 Å². The first-order chi connectivity index (χ1) is 12.4. The van der Waals surface area contributed by atoms with Gasteiger partial charge in [-0.3, -0.25) is 4.79 Å². The minimum Gasteiger partial charge on any atom is -0.386 e. The smallest absolute Gasteiger partial charge is 0.238 e. The van der Waals surface area contributed by atoms with Gasteiger partial charge in [0.1, 0.15) is 18.2 Å². The zero-order chi connectivity index (χ0) is 19.7. The summed E-state index contributed by atoms with van der Waals surface area (Å²) in [5.74, 6) is -0.523. The van der Waals surface area contributed by atoms with Gasteiger partial charge in [-0.1, -0.05) is 38.1 Å². The van der Waals surface area contributed by atoms with Gasteiger partial charge in [-0.2, -0.15) is 10.2 Å². The average Bonchev–Trinajstić information content (AvgIpc) is 2.67. The van der Waals surface area contributed by atoms with E-state index in [0.29, 0.717) is 11.3 Å². The maximum atomic E-state index is 13.2. The van der Waals surface area contributed by atoms with Crippen LogP contribution in [0.4, 0.5) is 4.39 Å². The van der Waals surface area contributed by atoms with Crippen LogP contribution in [0.25, 0.3) is 11.3 Å². The number of aliphatic hydroxyl groups is 1. The highest BCUT2D eigenvalue weighted by Crippen LogP contribution is 2.22. The molecule has 2 N–H and O–H groups in total. The van der Waals surface area contributed by atoms with Crippen LogP contribution < -0.4 is 5.32 Å². The van der Waals surface area contributed by atoms with E-state index in [4.69, 9.17) is 11.6 Å². The minimum absolute atomic E-state index is 0.490. The number of rotatable bonds is 6. The van der Waals surface area contributed by atoms with Crippen molar-refractivity contribution in [2.24, 2.45) is 0 Å². The van der Waals surface area contributed by atoms with Gasteiger partial charge in [0, 0.05) is 5.56 Å². The molecule has 3 unspecified atom stereocenters. The molecule has 0 aliphatic heterocycles. The van der Waals surface area contributed by atoms with Crippen LogP contribution in [0, 0.1) is 6.92 Å². The third-order valence-corrected chi connectivity index (χ3v) is 3.78. The number of benzene rings is 1. The fourth-order valence-electron chi connectivity index (χ4n) is 2.14. The lowest BCUT2D eigenvalue weighted by atomic mass is 10.0. The summed E-state index contributed by atoms with van der Waals surface area (Å²) in [5.41, 5.74) is 2.84. The number of amides is 1. The molecule has 26 heavy (non-hydrogen) atoms. The van der Waals surface area contributed by atoms with Gasteiger partial charge in [0.15, 0.2) is 0 Å². The molecular formula is C19H25ClFN3O2. The molecule has 3 atom stereocenters. The van der Waals surface area contributed by atoms with Crippen molar-refractivity contribution in [1.29, 1.82) is 0 Å². The molecule has 0 bridgehead atoms. The van der Waals surface area contributed by atoms with E-state index in [1.165, 1.54) is 6.92 Å². The number of hydrogen-bond acceptors (Lipinski definition) is 4. The highest BCUT2D eigenvalue weighted by Gasteiger charge is 2.24. The molecule has 142 valence electrons. The molecule has 0 fully saturated rings. The lowest BCUT2D eigenvalue weighted by Crippen LogP contribution is -2.43. The number of carbonyl (C=O) groups excluding carboxylic acids is 1. The van der Waals surface area contributed by atoms with Crippen molar-refractivity contribution in [3.8, 4) is 11.3 Å². The first kappa shape index (κ1) is 22.0. The number of aryl methyl sites for hydroxylation is 1. The summed E-state index contributed by atoms with van der Waals surface area (Å²) in [5, 5.41) is 20.0. The van der Waals surface area contributed by atoms with Crippen molar-refractivity contribution in [2.75, 3.05) is 6.67 Å². The van der Waals surface area contributed by atoms with E-state index in [2.05, 4.69) is 15.5 Å². The number of aliphatic hydroxyl groups excluding tert-OH is 1. The van der Waals surface area contributed by atoms with Gasteiger partial charge >= 0.3 is 0 Å². The molecule has 0 radical (unpaired) electrons. The highest BCUT2D eigenvalue weighted by molar-refractivity contribution is 6.30. The number of nitrogens with one attached hydrogen (secondary N) is 1. The standard InChI is InChI=1S/C17H19ClFN3O2.C2H6/c1-10-3-8-14(22-21-10)12-4-6-13(7-5-12)16(23)15(9-19)20-17(24)11(2)18;1-2/h3-8,11,15-16,23H,9H2,1-2H3,(H,20,24);1-2H3. The Labute approximate surface area is 158 Å². The summed E-state index contributed by atoms with van der Waals surface area (Å²) in [6.45, 7) is 6.43. The van der Waals surface area contributed by atoms with Gasteiger partial charge in [-0.05, 0) is 31.5 Å². The number of nitrogens with zero attached hydrogens (tertiary/aromatic N) is 2. The van der Waals surface area contributed by atoms with Crippen LogP contribution in [-0.4, -0.2) is 39.3 Å². The van der Waals surface area contributed by atoms with Gasteiger partial charge in [0.25, 0.3) is 0 Å². The van der Waals surface area contributed by atoms with Crippen molar-refractivity contribution in [2.45, 2.75) is 45.2 Å². The molecule has 1 amide bonds. The van der Waals surface area contributed by atoms with Crippen molar-refractivity contribution in [3.05, 3.63) is 47.7 Å². The van der Waals surface area contributed by atoms with Crippen LogP contribution >= 0.6 is 11.6 Å². The monoisotopic (exact) mass is 381 g/mol. The molecule has 2 rings (SSSR count). The number of aromatic nitrogens is 2. The lowest BCUT2D eigenvalue weighted by molar-refractivity contribution is -0.122. The average molecular weight is 382 g/mol. The van der Waals surface area contributed by atoms with Gasteiger partial charge in [-0.15, -0.1) is 11.6 Å². The molecule has 0 spiro atoms. The predicted octanol–water partition coefficient (Wildman–Crippen LogP) is 3.59. The molecule has 1 heterocycles. The van der Waals surface area contributed by atoms with Gasteiger partial charge in [-0.25, -0.2) is 4.39 Å². The molecule has 5 nitrogen and oxygen atoms in total. The van der Waals surface area contributed by atoms with E-state index < -0.39 is 30.1 Å². The fraction of sp³-hybridized carbons (Fsp3) is 0.421. The molecule has 0 saturated carbocycles. The van der Waals surface area contributed by atoms with Crippen molar-refractivity contribution >= 4 is 17.5 Å². The zero-order valence-electron chi connectivity index (χ0n) is 15.4. The maximum Gasteiger partial charge on any atom is 0.238 e. The van der Waals surface area contributed by atoms with Crippen LogP contribution in [0.5, 0.6) is 0 Å². The quantitative estimate of drug-likeness (QED) is 0.750. The first-order valence-electron chi connectivity index (χ1n) is 8.51. The van der Waals surface area contributed by atoms with Crippen LogP contribution in [-0.2, 0) is 4.79 Å². The van der Waals surface area contributed by atoms with E-state index in [9.17, 15) is 14.3 Å². The molecule has 0 aliphatic rings. The van der Waals surface area contributed by atoms with E-state index in [0.717, 1.165) is 11.3 Å². The third kappa shape index (κ3) is 6.04. The number of alkyl halides is 2. The van der Waals surface area contributed by atoms with Crippen LogP contribution in [0.15, 0.2) is 36.4 Å². The second-order valence-electron chi connectivity index (χ2n) is 5.51. The Morgan fingerprint density at radius 1 is 1.19 bits per heavy atom. The summed E-state index contributed by atoms with van der Waals surface area (Å²) >= 11 is 5.65. The first-order valence-corrected chi connectivity index (χ1v) is 8.95. The number of carbonyl (C=O) groups is 1. The minimum atomic E-state index is -1.17. The third-order valence-electron chi connectivity index (χ3n) is 3.58. The van der Waals surface area contributed by atoms with E-state index >= 15 is 0 Å². The van der Waals surface area contributed by atoms with E-state index in [-0.39, 0.29) is 0 Å². The number of halogens is 2. The summed E-state index contributed by atoms with van der Waals surface area (Å²) in [4.78, 5) is 11.6. The Bertz CT molecular complexity index is 678. The maximum absolute atomic E-state index is 13.2. The van der Waals surface area contributed by atoms with Gasteiger partial charge in [0.2, 0.25) is 5.91 Å². The summed E-state index contributed by atoms with van der Waals surface area (Å²) < 4.78 is 13.2. The predicted molar refractivity (Wildman–Crippen MR) is 102 cm³/mol. The fourth-order valence-corrected chi connectivity index (χ4v) is 2.20. The van der Waals surface area contributed by atoms with Crippen molar-refractivity contribution in [1.82, 2.24) is 15.5 Å². The lowest BCUT2D eigenvalue weighted by Gasteiger charge is -2.22. The topological polar surface area (TPSA) is 75.1 Å². The van der Waals surface area contributed by atoms with Crippen LogP contribution in [0.1, 0.15) is 38.1 Å². The Morgan fingerprint density at radius 3 is 2.27 bits per heavy atom. The number of hydrogen-bond donors (Lipinski definition) is 2. The van der Waals surface area contributed by atoms with Gasteiger partial charge in [0.05, 0.1) is 17.4 Å². The molecule has 0 aliphatic carbocycles. The SMILES string of the molecule is CC.Cc1ccc(-c2ccc(C(O)C(CF)NC(=O)C(C)Cl)cc2)nn1. The van der Waals surface area contributed by atoms with E-state index in [1.807, 2.05) is 32.9 Å². The zero-order valence-corrected chi connectivity index (χ0v) is 16.2. The Kier molecular flexibility index (Phi) is 9.16. The second-order valence-corrected chi connectivity index (χ2v) is 6.17. The Morgan fingerprint density at radius 2 is 1.81 bits per heavy atom. The van der Waals surface area contributed by atoms with Crippen LogP contribution in [0.3, 0.4) is 0 Å². The molecular weight excluding hydrogens is 357 g/mol. The molecule has 0 saturated heterocycles. The summed E-state index contributed by atoms with van der Waals surface area (Å²) in [6.07, 6.45) is -1.17. The summed E-state index contributed by atoms with van der Waals surface area (Å²) in [7, 11) is 0. The Hall–Kier alpha value is -2.05. The van der Waals surface area contributed by atoms with Crippen molar-refractivity contribution < 1.29 is 14.3 Å². The van der Waals surface area contributed by atoms with Crippen LogP contribution in [0.2, 0.25) is 0 Å². The highest BCUT2D eigenvalue weighted by atomic mass is 35.5.